The van der Waals surface area contributed by atoms with E-state index in [2.05, 4.69) is 33.7 Å². The number of likely N-dealkylation sites (tertiary alicyclic amines) is 1. The van der Waals surface area contributed by atoms with Crippen LogP contribution < -0.4 is 10.6 Å². The van der Waals surface area contributed by atoms with Crippen molar-refractivity contribution in [2.75, 3.05) is 19.6 Å². The van der Waals surface area contributed by atoms with Crippen molar-refractivity contribution in [2.45, 2.75) is 56.9 Å². The van der Waals surface area contributed by atoms with Crippen molar-refractivity contribution in [3.05, 3.63) is 29.3 Å². The van der Waals surface area contributed by atoms with Crippen LogP contribution in [-0.4, -0.2) is 47.5 Å². The van der Waals surface area contributed by atoms with Crippen LogP contribution in [0.15, 0.2) is 24.3 Å². The molecule has 2 N–H and O–H groups in total. The summed E-state index contributed by atoms with van der Waals surface area (Å²) < 4.78 is 1.24. The Morgan fingerprint density at radius 2 is 1.82 bits per heavy atom. The first-order chi connectivity index (χ1) is 13.7. The molecular weight excluding hydrogens is 372 g/mol. The van der Waals surface area contributed by atoms with Gasteiger partial charge in [-0.15, -0.1) is 11.3 Å². The van der Waals surface area contributed by atoms with Crippen LogP contribution in [0.2, 0.25) is 0 Å². The van der Waals surface area contributed by atoms with Gasteiger partial charge in [0.25, 0.3) is 0 Å². The van der Waals surface area contributed by atoms with E-state index in [1.165, 1.54) is 16.1 Å². The number of carbonyl (C=O) groups is 2. The van der Waals surface area contributed by atoms with Gasteiger partial charge in [-0.25, -0.2) is 9.78 Å². The fourth-order valence-electron chi connectivity index (χ4n) is 4.24. The summed E-state index contributed by atoms with van der Waals surface area (Å²) in [6, 6.07) is 8.13. The first-order valence-electron chi connectivity index (χ1n) is 10.4. The van der Waals surface area contributed by atoms with Gasteiger partial charge >= 0.3 is 6.03 Å². The van der Waals surface area contributed by atoms with Crippen LogP contribution >= 0.6 is 11.3 Å². The Balaban J connectivity index is 1.21. The van der Waals surface area contributed by atoms with Crippen LogP contribution in [0.3, 0.4) is 0 Å². The van der Waals surface area contributed by atoms with Crippen LogP contribution in [0.1, 0.15) is 55.9 Å². The van der Waals surface area contributed by atoms with Crippen LogP contribution in [0, 0.1) is 0 Å². The molecule has 0 unspecified atom stereocenters. The zero-order chi connectivity index (χ0) is 19.3. The first-order valence-corrected chi connectivity index (χ1v) is 11.2. The van der Waals surface area contributed by atoms with Crippen LogP contribution in [-0.2, 0) is 4.79 Å². The van der Waals surface area contributed by atoms with Gasteiger partial charge in [-0.2, -0.15) is 0 Å². The number of nitrogens with one attached hydrogen (secondary N) is 2. The second-order valence-electron chi connectivity index (χ2n) is 7.93. The third-order valence-corrected chi connectivity index (χ3v) is 7.01. The molecule has 1 aliphatic carbocycles. The van der Waals surface area contributed by atoms with Crippen molar-refractivity contribution in [1.82, 2.24) is 20.5 Å². The van der Waals surface area contributed by atoms with Gasteiger partial charge in [0.2, 0.25) is 5.91 Å². The van der Waals surface area contributed by atoms with E-state index in [1.54, 1.807) is 11.3 Å². The lowest BCUT2D eigenvalue weighted by Crippen LogP contribution is -2.48. The molecule has 2 heterocycles. The summed E-state index contributed by atoms with van der Waals surface area (Å²) in [7, 11) is 0. The van der Waals surface area contributed by atoms with E-state index in [9.17, 15) is 9.59 Å². The van der Waals surface area contributed by atoms with Crippen LogP contribution in [0.4, 0.5) is 4.79 Å². The lowest BCUT2D eigenvalue weighted by Gasteiger charge is -2.30. The van der Waals surface area contributed by atoms with Crippen molar-refractivity contribution in [2.24, 2.45) is 0 Å². The number of imide groups is 1. The predicted octanol–water partition coefficient (Wildman–Crippen LogP) is 3.63. The Morgan fingerprint density at radius 1 is 1.07 bits per heavy atom. The molecule has 1 aliphatic heterocycles. The smallest absolute Gasteiger partial charge is 0.321 e. The quantitative estimate of drug-likeness (QED) is 0.822. The number of para-hydroxylation sites is 1. The lowest BCUT2D eigenvalue weighted by atomic mass is 9.96. The Hall–Kier alpha value is -1.99. The van der Waals surface area contributed by atoms with E-state index in [1.807, 2.05) is 6.07 Å². The number of thiazole rings is 1. The highest BCUT2D eigenvalue weighted by Gasteiger charge is 2.25. The van der Waals surface area contributed by atoms with Crippen molar-refractivity contribution in [1.29, 1.82) is 0 Å². The molecule has 2 aliphatic rings. The number of amides is 3. The molecule has 0 spiro atoms. The standard InChI is InChI=1S/C21H28N4O2S/c26-19(24-21(27)22-16-6-2-1-3-7-16)14-25-12-10-15(11-13-25)20-23-17-8-4-5-9-18(17)28-20/h4-5,8-9,15-16H,1-3,6-7,10-14H2,(H2,22,24,26,27). The maximum absolute atomic E-state index is 12.2. The highest BCUT2D eigenvalue weighted by Crippen LogP contribution is 2.33. The van der Waals surface area contributed by atoms with E-state index in [0.29, 0.717) is 5.92 Å². The number of benzene rings is 1. The van der Waals surface area contributed by atoms with Gasteiger partial charge in [-0.1, -0.05) is 31.4 Å². The maximum atomic E-state index is 12.2. The number of hydrogen-bond acceptors (Lipinski definition) is 5. The summed E-state index contributed by atoms with van der Waals surface area (Å²) in [6.07, 6.45) is 7.58. The molecule has 28 heavy (non-hydrogen) atoms. The van der Waals surface area contributed by atoms with E-state index < -0.39 is 0 Å². The molecule has 0 atom stereocenters. The fraction of sp³-hybridized carbons (Fsp3) is 0.571. The van der Waals surface area contributed by atoms with Gasteiger partial charge in [0.1, 0.15) is 0 Å². The van der Waals surface area contributed by atoms with Gasteiger partial charge in [0.05, 0.1) is 21.8 Å². The fourth-order valence-corrected chi connectivity index (χ4v) is 5.38. The number of aromatic nitrogens is 1. The second-order valence-corrected chi connectivity index (χ2v) is 8.99. The molecule has 1 saturated heterocycles. The zero-order valence-electron chi connectivity index (χ0n) is 16.2. The summed E-state index contributed by atoms with van der Waals surface area (Å²) in [4.78, 5) is 31.1. The van der Waals surface area contributed by atoms with Gasteiger partial charge in [-0.05, 0) is 50.9 Å². The average Bonchev–Trinajstić information content (AvgIpc) is 3.13. The number of hydrogen-bond donors (Lipinski definition) is 2. The Labute approximate surface area is 169 Å². The number of piperidine rings is 1. The zero-order valence-corrected chi connectivity index (χ0v) is 17.0. The molecule has 1 saturated carbocycles. The molecule has 6 nitrogen and oxygen atoms in total. The molecule has 1 aromatic heterocycles. The van der Waals surface area contributed by atoms with E-state index >= 15 is 0 Å². The molecule has 4 rings (SSSR count). The molecule has 2 fully saturated rings. The van der Waals surface area contributed by atoms with E-state index in [0.717, 1.165) is 57.1 Å². The molecule has 0 radical (unpaired) electrons. The van der Waals surface area contributed by atoms with Gasteiger partial charge in [-0.3, -0.25) is 15.0 Å². The summed E-state index contributed by atoms with van der Waals surface area (Å²) in [5.41, 5.74) is 1.08. The first kappa shape index (κ1) is 19.3. The number of rotatable bonds is 4. The summed E-state index contributed by atoms with van der Waals surface area (Å²) in [5.74, 6) is 0.248. The lowest BCUT2D eigenvalue weighted by molar-refractivity contribution is -0.121. The summed E-state index contributed by atoms with van der Waals surface area (Å²) >= 11 is 1.78. The average molecular weight is 401 g/mol. The van der Waals surface area contributed by atoms with Gasteiger partial charge in [0, 0.05) is 12.0 Å². The second kappa shape index (κ2) is 9.01. The molecule has 150 valence electrons. The Morgan fingerprint density at radius 3 is 2.57 bits per heavy atom. The minimum absolute atomic E-state index is 0.214. The third kappa shape index (κ3) is 4.89. The molecule has 2 aromatic rings. The predicted molar refractivity (Wildman–Crippen MR) is 112 cm³/mol. The Kier molecular flexibility index (Phi) is 6.22. The molecule has 7 heteroatoms. The maximum Gasteiger partial charge on any atom is 0.321 e. The third-order valence-electron chi connectivity index (χ3n) is 5.81. The van der Waals surface area contributed by atoms with Crippen molar-refractivity contribution < 1.29 is 9.59 Å². The van der Waals surface area contributed by atoms with Crippen LogP contribution in [0.5, 0.6) is 0 Å². The van der Waals surface area contributed by atoms with Gasteiger partial charge < -0.3 is 5.32 Å². The molecule has 0 bridgehead atoms. The van der Waals surface area contributed by atoms with E-state index in [-0.39, 0.29) is 24.5 Å². The normalized spacial score (nSPS) is 19.6. The molecular formula is C21H28N4O2S. The van der Waals surface area contributed by atoms with Gasteiger partial charge in [0.15, 0.2) is 0 Å². The number of urea groups is 1. The number of nitrogens with zero attached hydrogens (tertiary/aromatic N) is 2. The monoisotopic (exact) mass is 400 g/mol. The highest BCUT2D eigenvalue weighted by molar-refractivity contribution is 7.18. The number of carbonyl (C=O) groups excluding carboxylic acids is 2. The largest absolute Gasteiger partial charge is 0.335 e. The van der Waals surface area contributed by atoms with Crippen molar-refractivity contribution in [3.8, 4) is 0 Å². The number of fused-ring (bicyclic) bond motifs is 1. The SMILES string of the molecule is O=C(CN1CCC(c2nc3ccccc3s2)CC1)NC(=O)NC1CCCCC1. The van der Waals surface area contributed by atoms with E-state index in [4.69, 9.17) is 4.98 Å². The highest BCUT2D eigenvalue weighted by atomic mass is 32.1. The molecule has 3 amide bonds. The van der Waals surface area contributed by atoms with Crippen molar-refractivity contribution >= 4 is 33.5 Å². The topological polar surface area (TPSA) is 74.3 Å². The summed E-state index contributed by atoms with van der Waals surface area (Å²) in [6.45, 7) is 2.00. The van der Waals surface area contributed by atoms with Crippen LogP contribution in [0.25, 0.3) is 10.2 Å². The minimum Gasteiger partial charge on any atom is -0.335 e. The minimum atomic E-state index is -0.346. The summed E-state index contributed by atoms with van der Waals surface area (Å²) in [5, 5.41) is 6.63. The molecule has 1 aromatic carbocycles. The van der Waals surface area contributed by atoms with Crippen molar-refractivity contribution in [3.63, 3.8) is 0 Å². The Bertz CT molecular complexity index is 790.